The summed E-state index contributed by atoms with van der Waals surface area (Å²) in [5, 5.41) is 13.9. The average Bonchev–Trinajstić information content (AvgIpc) is 2.78. The van der Waals surface area contributed by atoms with Crippen molar-refractivity contribution in [1.82, 2.24) is 5.32 Å². The Morgan fingerprint density at radius 1 is 1.47 bits per heavy atom. The molecule has 0 saturated heterocycles. The molecule has 1 heterocycles. The molecule has 1 aromatic heterocycles. The van der Waals surface area contributed by atoms with Crippen LogP contribution < -0.4 is 11.1 Å². The second kappa shape index (κ2) is 5.28. The Kier molecular flexibility index (Phi) is 3.89. The normalized spacial score (nSPS) is 13.5. The van der Waals surface area contributed by atoms with E-state index in [1.54, 1.807) is 13.8 Å². The Hall–Kier alpha value is -1.43. The third-order valence-electron chi connectivity index (χ3n) is 2.81. The first-order chi connectivity index (χ1) is 8.88. The summed E-state index contributed by atoms with van der Waals surface area (Å²) in [4.78, 5) is 12.5. The quantitative estimate of drug-likeness (QED) is 0.798. The highest BCUT2D eigenvalue weighted by atomic mass is 32.1. The van der Waals surface area contributed by atoms with E-state index in [1.807, 2.05) is 30.3 Å². The number of nitrogens with two attached hydrogens (primary N) is 1. The van der Waals surface area contributed by atoms with E-state index in [0.717, 1.165) is 15.0 Å². The summed E-state index contributed by atoms with van der Waals surface area (Å²) >= 11 is 1.53. The van der Waals surface area contributed by atoms with Gasteiger partial charge in [0.25, 0.3) is 0 Å². The second-order valence-electron chi connectivity index (χ2n) is 5.13. The van der Waals surface area contributed by atoms with Crippen LogP contribution in [0.3, 0.4) is 0 Å². The standard InChI is InChI=1S/C14H18N2O2S/c1-14(2,15)13(18)16-8-10(17)12-7-9-5-3-4-6-11(9)19-12/h3-7,10,17H,8,15H2,1-2H3,(H,16,18). The summed E-state index contributed by atoms with van der Waals surface area (Å²) in [5.41, 5.74) is 4.74. The minimum atomic E-state index is -0.931. The molecule has 0 spiro atoms. The van der Waals surface area contributed by atoms with E-state index >= 15 is 0 Å². The van der Waals surface area contributed by atoms with Crippen LogP contribution in [0.15, 0.2) is 30.3 Å². The van der Waals surface area contributed by atoms with E-state index in [1.165, 1.54) is 11.3 Å². The van der Waals surface area contributed by atoms with E-state index in [4.69, 9.17) is 5.73 Å². The minimum absolute atomic E-state index is 0.173. The number of benzene rings is 1. The van der Waals surface area contributed by atoms with E-state index in [2.05, 4.69) is 5.32 Å². The first kappa shape index (κ1) is 14.0. The number of fused-ring (bicyclic) bond motifs is 1. The number of rotatable bonds is 4. The molecule has 0 bridgehead atoms. The SMILES string of the molecule is CC(C)(N)C(=O)NCC(O)c1cc2ccccc2s1. The van der Waals surface area contributed by atoms with Gasteiger partial charge >= 0.3 is 0 Å². The third kappa shape index (κ3) is 3.32. The van der Waals surface area contributed by atoms with Gasteiger partial charge in [-0.05, 0) is 31.4 Å². The van der Waals surface area contributed by atoms with Crippen LogP contribution >= 0.6 is 11.3 Å². The van der Waals surface area contributed by atoms with Crippen LogP contribution in [0.25, 0.3) is 10.1 Å². The van der Waals surface area contributed by atoms with Gasteiger partial charge < -0.3 is 16.2 Å². The summed E-state index contributed by atoms with van der Waals surface area (Å²) in [6, 6.07) is 9.89. The molecule has 0 saturated carbocycles. The van der Waals surface area contributed by atoms with Crippen molar-refractivity contribution in [2.24, 2.45) is 5.73 Å². The van der Waals surface area contributed by atoms with Crippen LogP contribution in [0.4, 0.5) is 0 Å². The Bertz CT molecular complexity index is 553. The number of aliphatic hydroxyl groups excluding tert-OH is 1. The second-order valence-corrected chi connectivity index (χ2v) is 6.25. The van der Waals surface area contributed by atoms with Crippen LogP contribution in [-0.4, -0.2) is 23.1 Å². The lowest BCUT2D eigenvalue weighted by atomic mass is 10.1. The molecule has 0 aliphatic carbocycles. The minimum Gasteiger partial charge on any atom is -0.386 e. The van der Waals surface area contributed by atoms with Gasteiger partial charge in [0.2, 0.25) is 5.91 Å². The summed E-state index contributed by atoms with van der Waals surface area (Å²) < 4.78 is 1.13. The lowest BCUT2D eigenvalue weighted by Crippen LogP contribution is -2.49. The number of thiophene rings is 1. The van der Waals surface area contributed by atoms with Crippen LogP contribution in [0.1, 0.15) is 24.8 Å². The maximum absolute atomic E-state index is 11.6. The van der Waals surface area contributed by atoms with Crippen LogP contribution in [-0.2, 0) is 4.79 Å². The maximum Gasteiger partial charge on any atom is 0.239 e. The van der Waals surface area contributed by atoms with E-state index in [-0.39, 0.29) is 12.5 Å². The smallest absolute Gasteiger partial charge is 0.239 e. The summed E-state index contributed by atoms with van der Waals surface area (Å²) in [6.07, 6.45) is -0.705. The number of hydrogen-bond acceptors (Lipinski definition) is 4. The topological polar surface area (TPSA) is 75.4 Å². The largest absolute Gasteiger partial charge is 0.386 e. The van der Waals surface area contributed by atoms with Gasteiger partial charge in [0.05, 0.1) is 5.54 Å². The molecular formula is C14H18N2O2S. The van der Waals surface area contributed by atoms with Crippen molar-refractivity contribution in [2.45, 2.75) is 25.5 Å². The monoisotopic (exact) mass is 278 g/mol. The third-order valence-corrected chi connectivity index (χ3v) is 4.03. The zero-order chi connectivity index (χ0) is 14.0. The number of aliphatic hydroxyl groups is 1. The predicted molar refractivity (Wildman–Crippen MR) is 78.1 cm³/mol. The Labute approximate surface area is 116 Å². The number of amides is 1. The lowest BCUT2D eigenvalue weighted by Gasteiger charge is -2.19. The molecule has 0 fully saturated rings. The van der Waals surface area contributed by atoms with Crippen LogP contribution in [0.2, 0.25) is 0 Å². The zero-order valence-electron chi connectivity index (χ0n) is 11.0. The molecule has 1 aromatic carbocycles. The molecule has 102 valence electrons. The highest BCUT2D eigenvalue weighted by Gasteiger charge is 2.22. The van der Waals surface area contributed by atoms with E-state index in [0.29, 0.717) is 0 Å². The fourth-order valence-electron chi connectivity index (χ4n) is 1.68. The molecule has 19 heavy (non-hydrogen) atoms. The van der Waals surface area contributed by atoms with Gasteiger partial charge in [-0.25, -0.2) is 0 Å². The first-order valence-electron chi connectivity index (χ1n) is 6.11. The number of carbonyl (C=O) groups is 1. The fourth-order valence-corrected chi connectivity index (χ4v) is 2.74. The van der Waals surface area contributed by atoms with Crippen molar-refractivity contribution in [3.8, 4) is 0 Å². The highest BCUT2D eigenvalue weighted by Crippen LogP contribution is 2.29. The van der Waals surface area contributed by atoms with Gasteiger partial charge in [0, 0.05) is 16.1 Å². The van der Waals surface area contributed by atoms with Gasteiger partial charge in [-0.15, -0.1) is 11.3 Å². The molecule has 0 aliphatic rings. The molecule has 1 atom stereocenters. The Morgan fingerprint density at radius 2 is 2.16 bits per heavy atom. The number of nitrogens with one attached hydrogen (secondary N) is 1. The Morgan fingerprint density at radius 3 is 2.79 bits per heavy atom. The maximum atomic E-state index is 11.6. The van der Waals surface area contributed by atoms with Gasteiger partial charge in [0.15, 0.2) is 0 Å². The number of carbonyl (C=O) groups excluding carboxylic acids is 1. The average molecular weight is 278 g/mol. The van der Waals surface area contributed by atoms with E-state index in [9.17, 15) is 9.90 Å². The number of hydrogen-bond donors (Lipinski definition) is 3. The molecule has 5 heteroatoms. The van der Waals surface area contributed by atoms with Crippen LogP contribution in [0.5, 0.6) is 0 Å². The predicted octanol–water partition coefficient (Wildman–Crippen LogP) is 1.79. The van der Waals surface area contributed by atoms with Crippen molar-refractivity contribution in [1.29, 1.82) is 0 Å². The molecule has 4 nitrogen and oxygen atoms in total. The summed E-state index contributed by atoms with van der Waals surface area (Å²) in [6.45, 7) is 3.44. The summed E-state index contributed by atoms with van der Waals surface area (Å²) in [7, 11) is 0. The molecular weight excluding hydrogens is 260 g/mol. The fraction of sp³-hybridized carbons (Fsp3) is 0.357. The van der Waals surface area contributed by atoms with E-state index < -0.39 is 11.6 Å². The lowest BCUT2D eigenvalue weighted by molar-refractivity contribution is -0.125. The van der Waals surface area contributed by atoms with Crippen molar-refractivity contribution >= 4 is 27.3 Å². The van der Waals surface area contributed by atoms with Gasteiger partial charge in [-0.3, -0.25) is 4.79 Å². The molecule has 0 radical (unpaired) electrons. The summed E-state index contributed by atoms with van der Waals surface area (Å²) in [5.74, 6) is -0.271. The van der Waals surface area contributed by atoms with Gasteiger partial charge in [-0.2, -0.15) is 0 Å². The Balaban J connectivity index is 2.04. The molecule has 4 N–H and O–H groups in total. The van der Waals surface area contributed by atoms with Crippen molar-refractivity contribution in [3.63, 3.8) is 0 Å². The molecule has 0 aliphatic heterocycles. The van der Waals surface area contributed by atoms with Gasteiger partial charge in [-0.1, -0.05) is 18.2 Å². The zero-order valence-corrected chi connectivity index (χ0v) is 11.8. The molecule has 2 rings (SSSR count). The molecule has 2 aromatic rings. The van der Waals surface area contributed by atoms with Crippen LogP contribution in [0, 0.1) is 0 Å². The first-order valence-corrected chi connectivity index (χ1v) is 6.93. The molecule has 1 amide bonds. The van der Waals surface area contributed by atoms with Crippen molar-refractivity contribution in [3.05, 3.63) is 35.2 Å². The highest BCUT2D eigenvalue weighted by molar-refractivity contribution is 7.19. The molecule has 1 unspecified atom stereocenters. The van der Waals surface area contributed by atoms with Crippen molar-refractivity contribution in [2.75, 3.05) is 6.54 Å². The van der Waals surface area contributed by atoms with Crippen molar-refractivity contribution < 1.29 is 9.90 Å². The van der Waals surface area contributed by atoms with Gasteiger partial charge in [0.1, 0.15) is 6.10 Å².